The monoisotopic (exact) mass is 622 g/mol. The Hall–Kier alpha value is -4.45. The number of esters is 1. The van der Waals surface area contributed by atoms with Crippen LogP contribution >= 0.6 is 0 Å². The number of hydrogen-bond acceptors (Lipinski definition) is 9. The van der Waals surface area contributed by atoms with Crippen LogP contribution in [0.15, 0.2) is 42.5 Å². The maximum Gasteiger partial charge on any atom is 0.323 e. The normalized spacial score (nSPS) is 15.8. The average molecular weight is 623 g/mol. The number of ether oxygens (including phenoxy) is 3. The van der Waals surface area contributed by atoms with Crippen LogP contribution in [0.3, 0.4) is 0 Å². The van der Waals surface area contributed by atoms with Crippen molar-refractivity contribution in [3.05, 3.63) is 59.2 Å². The Kier molecular flexibility index (Phi) is 10.5. The molecule has 2 heterocycles. The molecule has 0 saturated carbocycles. The fourth-order valence-corrected chi connectivity index (χ4v) is 5.25. The predicted octanol–water partition coefficient (Wildman–Crippen LogP) is 2.59. The smallest absolute Gasteiger partial charge is 0.323 e. The van der Waals surface area contributed by atoms with E-state index < -0.39 is 47.4 Å². The van der Waals surface area contributed by atoms with Crippen LogP contribution in [-0.4, -0.2) is 78.6 Å². The van der Waals surface area contributed by atoms with Crippen molar-refractivity contribution in [1.29, 1.82) is 0 Å². The van der Waals surface area contributed by atoms with Gasteiger partial charge in [-0.1, -0.05) is 44.2 Å². The molecule has 2 aliphatic heterocycles. The van der Waals surface area contributed by atoms with E-state index >= 15 is 0 Å². The van der Waals surface area contributed by atoms with Crippen molar-refractivity contribution in [2.75, 3.05) is 20.4 Å². The molecule has 12 nitrogen and oxygen atoms in total. The third-order valence-electron chi connectivity index (χ3n) is 7.38. The first-order chi connectivity index (χ1) is 21.3. The van der Waals surface area contributed by atoms with Gasteiger partial charge in [0.05, 0.1) is 17.2 Å². The zero-order chi connectivity index (χ0) is 32.9. The molecule has 4 rings (SSSR count). The number of benzene rings is 2. The summed E-state index contributed by atoms with van der Waals surface area (Å²) in [5.74, 6) is -1.66. The number of likely N-dealkylation sites (N-methyl/N-ethyl adjacent to an activating group) is 1. The summed E-state index contributed by atoms with van der Waals surface area (Å²) in [4.78, 5) is 67.4. The Balaban J connectivity index is 1.53. The highest BCUT2D eigenvalue weighted by Crippen LogP contribution is 2.38. The molecule has 0 bridgehead atoms. The first-order valence-corrected chi connectivity index (χ1v) is 15.1. The fourth-order valence-electron chi connectivity index (χ4n) is 5.25. The molecule has 4 amide bonds. The standard InChI is InChI=1S/C33H42N4O8/c1-19(2)14-24(29(39)36-25(28(38)34-6)15-20-10-8-7-9-11-20)35-23(32(42)45-33(3,4)5)12-13-37-30(40)21-16-26-27(44-18-43-26)17-22(21)31(37)41/h7-11,16-17,19,23-25,35H,12-15,18H2,1-6H3,(H,34,38)(H,36,39)/t23-,24+,25+/m1/s1. The summed E-state index contributed by atoms with van der Waals surface area (Å²) in [6, 6.07) is 9.52. The molecular weight excluding hydrogens is 580 g/mol. The Morgan fingerprint density at radius 3 is 2.04 bits per heavy atom. The van der Waals surface area contributed by atoms with Gasteiger partial charge in [0, 0.05) is 20.0 Å². The number of nitrogens with one attached hydrogen (secondary N) is 3. The largest absolute Gasteiger partial charge is 0.459 e. The molecule has 3 atom stereocenters. The summed E-state index contributed by atoms with van der Waals surface area (Å²) in [5.41, 5.74) is 0.433. The number of hydrogen-bond donors (Lipinski definition) is 3. The Labute approximate surface area is 263 Å². The molecule has 12 heteroatoms. The molecule has 2 aliphatic rings. The SMILES string of the molecule is CNC(=O)[C@H](Cc1ccccc1)NC(=O)[C@H](CC(C)C)N[C@H](CCN1C(=O)c2cc3c(cc2C1=O)OCO3)C(=O)OC(C)(C)C. The van der Waals surface area contributed by atoms with Gasteiger partial charge in [0.15, 0.2) is 11.5 Å². The van der Waals surface area contributed by atoms with Crippen molar-refractivity contribution in [3.63, 3.8) is 0 Å². The van der Waals surface area contributed by atoms with Gasteiger partial charge in [-0.2, -0.15) is 0 Å². The first-order valence-electron chi connectivity index (χ1n) is 15.1. The van der Waals surface area contributed by atoms with Gasteiger partial charge in [0.1, 0.15) is 17.7 Å². The lowest BCUT2D eigenvalue weighted by atomic mass is 9.99. The third-order valence-corrected chi connectivity index (χ3v) is 7.38. The third kappa shape index (κ3) is 8.39. The van der Waals surface area contributed by atoms with Gasteiger partial charge in [-0.05, 0) is 57.2 Å². The minimum Gasteiger partial charge on any atom is -0.459 e. The lowest BCUT2D eigenvalue weighted by molar-refractivity contribution is -0.158. The zero-order valence-electron chi connectivity index (χ0n) is 26.6. The van der Waals surface area contributed by atoms with E-state index in [1.165, 1.54) is 19.2 Å². The van der Waals surface area contributed by atoms with Crippen LogP contribution in [0.1, 0.15) is 73.7 Å². The van der Waals surface area contributed by atoms with Crippen LogP contribution < -0.4 is 25.4 Å². The van der Waals surface area contributed by atoms with Crippen molar-refractivity contribution in [2.24, 2.45) is 5.92 Å². The van der Waals surface area contributed by atoms with Gasteiger partial charge >= 0.3 is 5.97 Å². The topological polar surface area (TPSA) is 152 Å². The van der Waals surface area contributed by atoms with E-state index in [-0.39, 0.29) is 49.1 Å². The Bertz CT molecular complexity index is 1390. The Morgan fingerprint density at radius 2 is 1.51 bits per heavy atom. The predicted molar refractivity (Wildman–Crippen MR) is 165 cm³/mol. The second kappa shape index (κ2) is 14.1. The van der Waals surface area contributed by atoms with Crippen LogP contribution in [-0.2, 0) is 25.5 Å². The molecule has 2 aromatic rings. The van der Waals surface area contributed by atoms with Crippen molar-refractivity contribution in [2.45, 2.75) is 77.6 Å². The van der Waals surface area contributed by atoms with Crippen LogP contribution in [0, 0.1) is 5.92 Å². The molecule has 0 aromatic heterocycles. The number of imide groups is 1. The quantitative estimate of drug-likeness (QED) is 0.226. The molecule has 0 radical (unpaired) electrons. The van der Waals surface area contributed by atoms with Crippen molar-refractivity contribution in [1.82, 2.24) is 20.9 Å². The lowest BCUT2D eigenvalue weighted by Crippen LogP contribution is -2.57. The minimum absolute atomic E-state index is 0.00873. The Morgan fingerprint density at radius 1 is 0.911 bits per heavy atom. The van der Waals surface area contributed by atoms with Gasteiger partial charge in [-0.3, -0.25) is 34.2 Å². The first kappa shape index (κ1) is 33.4. The fraction of sp³-hybridized carbons (Fsp3) is 0.485. The molecule has 0 spiro atoms. The van der Waals surface area contributed by atoms with E-state index in [1.54, 1.807) is 20.8 Å². The highest BCUT2D eigenvalue weighted by Gasteiger charge is 2.39. The molecule has 3 N–H and O–H groups in total. The molecule has 242 valence electrons. The van der Waals surface area contributed by atoms with Crippen LogP contribution in [0.25, 0.3) is 0 Å². The van der Waals surface area contributed by atoms with Crippen molar-refractivity contribution in [3.8, 4) is 11.5 Å². The number of fused-ring (bicyclic) bond motifs is 2. The van der Waals surface area contributed by atoms with E-state index in [0.717, 1.165) is 10.5 Å². The highest BCUT2D eigenvalue weighted by atomic mass is 16.7. The average Bonchev–Trinajstić information content (AvgIpc) is 3.53. The maximum atomic E-state index is 13.7. The number of carbonyl (C=O) groups excluding carboxylic acids is 5. The number of carbonyl (C=O) groups is 5. The highest BCUT2D eigenvalue weighted by molar-refractivity contribution is 6.21. The van der Waals surface area contributed by atoms with E-state index in [4.69, 9.17) is 14.2 Å². The maximum absolute atomic E-state index is 13.7. The van der Waals surface area contributed by atoms with E-state index in [2.05, 4.69) is 16.0 Å². The summed E-state index contributed by atoms with van der Waals surface area (Å²) in [5, 5.41) is 8.59. The van der Waals surface area contributed by atoms with Crippen LogP contribution in [0.4, 0.5) is 0 Å². The van der Waals surface area contributed by atoms with Gasteiger partial charge in [-0.25, -0.2) is 0 Å². The van der Waals surface area contributed by atoms with Crippen molar-refractivity contribution < 1.29 is 38.2 Å². The molecule has 0 unspecified atom stereocenters. The van der Waals surface area contributed by atoms with E-state index in [9.17, 15) is 24.0 Å². The molecule has 0 fully saturated rings. The van der Waals surface area contributed by atoms with E-state index in [0.29, 0.717) is 17.9 Å². The molecule has 2 aromatic carbocycles. The zero-order valence-corrected chi connectivity index (χ0v) is 26.6. The van der Waals surface area contributed by atoms with Gasteiger partial charge in [0.25, 0.3) is 11.8 Å². The summed E-state index contributed by atoms with van der Waals surface area (Å²) in [6.45, 7) is 8.96. The summed E-state index contributed by atoms with van der Waals surface area (Å²) in [6.07, 6.45) is 0.600. The van der Waals surface area contributed by atoms with Crippen molar-refractivity contribution >= 4 is 29.6 Å². The summed E-state index contributed by atoms with van der Waals surface area (Å²) >= 11 is 0. The van der Waals surface area contributed by atoms with E-state index in [1.807, 2.05) is 44.2 Å². The minimum atomic E-state index is -1.05. The summed E-state index contributed by atoms with van der Waals surface area (Å²) in [7, 11) is 1.50. The second-order valence-corrected chi connectivity index (χ2v) is 12.6. The van der Waals surface area contributed by atoms with Crippen LogP contribution in [0.2, 0.25) is 0 Å². The lowest BCUT2D eigenvalue weighted by Gasteiger charge is -2.30. The van der Waals surface area contributed by atoms with Crippen LogP contribution in [0.5, 0.6) is 11.5 Å². The number of nitrogens with zero attached hydrogens (tertiary/aromatic N) is 1. The number of rotatable bonds is 13. The van der Waals surface area contributed by atoms with Gasteiger partial charge in [-0.15, -0.1) is 0 Å². The second-order valence-electron chi connectivity index (χ2n) is 12.6. The van der Waals surface area contributed by atoms with Gasteiger partial charge < -0.3 is 24.8 Å². The molecule has 0 saturated heterocycles. The molecular formula is C33H42N4O8. The van der Waals surface area contributed by atoms with Gasteiger partial charge in [0.2, 0.25) is 18.6 Å². The molecule has 45 heavy (non-hydrogen) atoms. The number of amides is 4. The molecule has 0 aliphatic carbocycles. The summed E-state index contributed by atoms with van der Waals surface area (Å²) < 4.78 is 16.4.